The van der Waals surface area contributed by atoms with Gasteiger partial charge in [0.05, 0.1) is 7.11 Å². The quantitative estimate of drug-likeness (QED) is 0.722. The van der Waals surface area contributed by atoms with Crippen molar-refractivity contribution in [2.45, 2.75) is 37.5 Å². The highest BCUT2D eigenvalue weighted by molar-refractivity contribution is 5.95. The summed E-state index contributed by atoms with van der Waals surface area (Å²) in [5.41, 5.74) is 7.47. The van der Waals surface area contributed by atoms with E-state index in [2.05, 4.69) is 15.0 Å². The Morgan fingerprint density at radius 1 is 1.28 bits per heavy atom. The van der Waals surface area contributed by atoms with E-state index in [1.165, 1.54) is 0 Å². The van der Waals surface area contributed by atoms with Gasteiger partial charge in [-0.1, -0.05) is 6.07 Å². The van der Waals surface area contributed by atoms with Gasteiger partial charge in [0, 0.05) is 37.2 Å². The number of aromatic nitrogens is 4. The third kappa shape index (κ3) is 3.27. The lowest BCUT2D eigenvalue weighted by molar-refractivity contribution is -0.117. The van der Waals surface area contributed by atoms with E-state index in [1.807, 2.05) is 18.2 Å². The van der Waals surface area contributed by atoms with Gasteiger partial charge in [-0.3, -0.25) is 0 Å². The fourth-order valence-corrected chi connectivity index (χ4v) is 4.69. The van der Waals surface area contributed by atoms with Gasteiger partial charge in [0.2, 0.25) is 11.9 Å². The van der Waals surface area contributed by atoms with Crippen LogP contribution in [0.4, 0.5) is 14.7 Å². The number of anilines is 1. The minimum Gasteiger partial charge on any atom is -0.494 e. The van der Waals surface area contributed by atoms with Crippen LogP contribution in [0, 0.1) is 5.92 Å². The Labute approximate surface area is 166 Å². The molecule has 5 rings (SSSR count). The van der Waals surface area contributed by atoms with Crippen molar-refractivity contribution in [3.8, 4) is 5.75 Å². The summed E-state index contributed by atoms with van der Waals surface area (Å²) in [7, 11) is 1.60. The van der Waals surface area contributed by atoms with E-state index in [-0.39, 0.29) is 30.6 Å². The molecule has 29 heavy (non-hydrogen) atoms. The highest BCUT2D eigenvalue weighted by Gasteiger charge is 2.45. The van der Waals surface area contributed by atoms with E-state index < -0.39 is 5.92 Å². The summed E-state index contributed by atoms with van der Waals surface area (Å²) in [6, 6.07) is 5.66. The highest BCUT2D eigenvalue weighted by atomic mass is 19.3. The number of hydrogen-bond donors (Lipinski definition) is 1. The van der Waals surface area contributed by atoms with E-state index in [0.717, 1.165) is 43.7 Å². The topological polar surface area (TPSA) is 81.6 Å². The second-order valence-electron chi connectivity index (χ2n) is 8.26. The first-order valence-corrected chi connectivity index (χ1v) is 10.0. The molecule has 0 bridgehead atoms. The summed E-state index contributed by atoms with van der Waals surface area (Å²) in [4.78, 5) is 11.5. The highest BCUT2D eigenvalue weighted by Crippen LogP contribution is 2.43. The van der Waals surface area contributed by atoms with Crippen molar-refractivity contribution in [2.24, 2.45) is 5.92 Å². The lowest BCUT2D eigenvalue weighted by Gasteiger charge is -2.40. The Morgan fingerprint density at radius 2 is 2.10 bits per heavy atom. The molecule has 1 aliphatic heterocycles. The number of nitrogens with zero attached hydrogens (tertiary/aromatic N) is 5. The fourth-order valence-electron chi connectivity index (χ4n) is 4.69. The van der Waals surface area contributed by atoms with Crippen LogP contribution >= 0.6 is 0 Å². The Hall–Kier alpha value is -2.55. The van der Waals surface area contributed by atoms with Gasteiger partial charge in [-0.25, -0.2) is 18.7 Å². The molecule has 1 saturated carbocycles. The molecule has 3 heterocycles. The van der Waals surface area contributed by atoms with Crippen LogP contribution in [0.3, 0.4) is 0 Å². The summed E-state index contributed by atoms with van der Waals surface area (Å²) in [6.45, 7) is 2.45. The number of nitrogen functional groups attached to an aromatic ring is 1. The zero-order chi connectivity index (χ0) is 20.2. The van der Waals surface area contributed by atoms with Crippen LogP contribution in [0.5, 0.6) is 5.75 Å². The number of alkyl halides is 2. The van der Waals surface area contributed by atoms with Crippen LogP contribution in [0.15, 0.2) is 18.2 Å². The van der Waals surface area contributed by atoms with Crippen LogP contribution in [0.1, 0.15) is 37.4 Å². The second kappa shape index (κ2) is 6.76. The van der Waals surface area contributed by atoms with E-state index in [0.29, 0.717) is 16.9 Å². The summed E-state index contributed by atoms with van der Waals surface area (Å²) in [5.74, 6) is -0.575. The molecule has 2 aliphatic rings. The Morgan fingerprint density at radius 3 is 2.86 bits per heavy atom. The van der Waals surface area contributed by atoms with Crippen LogP contribution in [0.25, 0.3) is 16.6 Å². The number of hydrogen-bond acceptors (Lipinski definition) is 6. The van der Waals surface area contributed by atoms with Crippen molar-refractivity contribution in [1.82, 2.24) is 24.5 Å². The van der Waals surface area contributed by atoms with Crippen molar-refractivity contribution in [3.63, 3.8) is 0 Å². The number of nitrogens with two attached hydrogens (primary N) is 1. The van der Waals surface area contributed by atoms with Gasteiger partial charge in [-0.05, 0) is 37.4 Å². The normalized spacial score (nSPS) is 22.8. The van der Waals surface area contributed by atoms with Gasteiger partial charge in [0.25, 0.3) is 0 Å². The molecule has 1 aliphatic carbocycles. The molecule has 1 unspecified atom stereocenters. The monoisotopic (exact) mass is 402 g/mol. The van der Waals surface area contributed by atoms with Crippen LogP contribution in [0.2, 0.25) is 0 Å². The number of benzene rings is 1. The van der Waals surface area contributed by atoms with Gasteiger partial charge in [0.15, 0.2) is 11.5 Å². The van der Waals surface area contributed by atoms with E-state index >= 15 is 0 Å². The maximum absolute atomic E-state index is 13.2. The van der Waals surface area contributed by atoms with Crippen molar-refractivity contribution in [2.75, 3.05) is 32.5 Å². The number of rotatable bonds is 4. The number of halogens is 2. The number of likely N-dealkylation sites (tertiary alicyclic amines) is 1. The van der Waals surface area contributed by atoms with Gasteiger partial charge in [0.1, 0.15) is 11.3 Å². The predicted molar refractivity (Wildman–Crippen MR) is 105 cm³/mol. The maximum Gasteiger partial charge on any atom is 0.248 e. The molecule has 1 atom stereocenters. The van der Waals surface area contributed by atoms with Crippen molar-refractivity contribution >= 4 is 22.5 Å². The van der Waals surface area contributed by atoms with E-state index in [9.17, 15) is 8.78 Å². The fraction of sp³-hybridized carbons (Fsp3) is 0.550. The SMILES string of the molecule is COc1cccc2c1nc(N)n1nc(C3CCCN(CC4CC(F)(F)C4)C3)nc21. The summed E-state index contributed by atoms with van der Waals surface area (Å²) < 4.78 is 33.3. The summed E-state index contributed by atoms with van der Waals surface area (Å²) in [5, 5.41) is 5.48. The molecule has 1 aromatic carbocycles. The van der Waals surface area contributed by atoms with Crippen molar-refractivity contribution in [3.05, 3.63) is 24.0 Å². The molecule has 7 nitrogen and oxygen atoms in total. The Balaban J connectivity index is 1.43. The molecule has 2 aromatic heterocycles. The van der Waals surface area contributed by atoms with Gasteiger partial charge < -0.3 is 15.4 Å². The number of fused-ring (bicyclic) bond motifs is 3. The molecule has 9 heteroatoms. The second-order valence-corrected chi connectivity index (χ2v) is 8.26. The molecule has 0 spiro atoms. The number of piperidine rings is 1. The van der Waals surface area contributed by atoms with Gasteiger partial charge in [-0.15, -0.1) is 5.10 Å². The van der Waals surface area contributed by atoms with Gasteiger partial charge >= 0.3 is 0 Å². The lowest BCUT2D eigenvalue weighted by Crippen LogP contribution is -2.45. The number of ether oxygens (including phenoxy) is 1. The molecule has 0 radical (unpaired) electrons. The maximum atomic E-state index is 13.2. The summed E-state index contributed by atoms with van der Waals surface area (Å²) >= 11 is 0. The first kappa shape index (κ1) is 18.5. The van der Waals surface area contributed by atoms with Crippen molar-refractivity contribution < 1.29 is 13.5 Å². The minimum atomic E-state index is -2.46. The lowest BCUT2D eigenvalue weighted by atomic mass is 9.80. The molecule has 0 amide bonds. The third-order valence-corrected chi connectivity index (χ3v) is 6.09. The molecule has 3 aromatic rings. The molecular weight excluding hydrogens is 378 g/mol. The summed E-state index contributed by atoms with van der Waals surface area (Å²) in [6.07, 6.45) is 2.00. The van der Waals surface area contributed by atoms with Gasteiger partial charge in [-0.2, -0.15) is 4.52 Å². The first-order valence-electron chi connectivity index (χ1n) is 10.0. The molecule has 1 saturated heterocycles. The largest absolute Gasteiger partial charge is 0.494 e. The zero-order valence-electron chi connectivity index (χ0n) is 16.3. The van der Waals surface area contributed by atoms with Crippen LogP contribution in [-0.4, -0.2) is 57.1 Å². The van der Waals surface area contributed by atoms with Crippen LogP contribution in [-0.2, 0) is 0 Å². The average molecular weight is 402 g/mol. The van der Waals surface area contributed by atoms with E-state index in [4.69, 9.17) is 15.5 Å². The molecule has 2 fully saturated rings. The molecule has 2 N–H and O–H groups in total. The minimum absolute atomic E-state index is 0.0107. The molecule has 154 valence electrons. The van der Waals surface area contributed by atoms with Crippen molar-refractivity contribution in [1.29, 1.82) is 0 Å². The zero-order valence-corrected chi connectivity index (χ0v) is 16.3. The van der Waals surface area contributed by atoms with Crippen LogP contribution < -0.4 is 10.5 Å². The average Bonchev–Trinajstić information content (AvgIpc) is 3.13. The standard InChI is InChI=1S/C20H24F2N6O/c1-29-15-6-2-5-14-16(15)24-19(23)28-18(14)25-17(26-28)13-4-3-7-27(11-13)10-12-8-20(21,22)9-12/h2,5-6,12-13H,3-4,7-11H2,1H3,(H2,23,24). The first-order chi connectivity index (χ1) is 13.9. The number of para-hydroxylation sites is 1. The Bertz CT molecular complexity index is 1060. The molecular formula is C20H24F2N6O. The number of methoxy groups -OCH3 is 1. The smallest absolute Gasteiger partial charge is 0.248 e. The van der Waals surface area contributed by atoms with E-state index in [1.54, 1.807) is 11.6 Å². The third-order valence-electron chi connectivity index (χ3n) is 6.09. The Kier molecular flexibility index (Phi) is 4.31. The predicted octanol–water partition coefficient (Wildman–Crippen LogP) is 3.09.